The molecule has 0 fully saturated rings. The second-order valence-electron chi connectivity index (χ2n) is 3.68. The number of benzene rings is 2. The molecule has 0 N–H and O–H groups in total. The zero-order valence-electron chi connectivity index (χ0n) is 8.72. The van der Waals surface area contributed by atoms with Crippen molar-refractivity contribution in [1.29, 1.82) is 0 Å². The van der Waals surface area contributed by atoms with Crippen molar-refractivity contribution in [3.05, 3.63) is 59.7 Å². The van der Waals surface area contributed by atoms with Crippen LogP contribution in [-0.4, -0.2) is 12.4 Å². The Hall–Kier alpha value is -2.22. The summed E-state index contributed by atoms with van der Waals surface area (Å²) in [5.74, 6) is 0. The Labute approximate surface area is 94.0 Å². The van der Waals surface area contributed by atoms with Gasteiger partial charge in [-0.2, -0.15) is 10.2 Å². The summed E-state index contributed by atoms with van der Waals surface area (Å²) < 4.78 is 0. The van der Waals surface area contributed by atoms with E-state index in [1.54, 1.807) is 0 Å². The van der Waals surface area contributed by atoms with Gasteiger partial charge < -0.3 is 0 Å². The standard InChI is InChI=1S/C14H10N2/c1-15-16-14-12-8-4-2-6-10(12)11-7-3-5-9-13(11)14/h2-9H,1H2. The number of fused-ring (bicyclic) bond motifs is 3. The summed E-state index contributed by atoms with van der Waals surface area (Å²) in [6.07, 6.45) is 0. The number of rotatable bonds is 1. The number of hydrogen-bond acceptors (Lipinski definition) is 2. The highest BCUT2D eigenvalue weighted by molar-refractivity contribution is 6.24. The summed E-state index contributed by atoms with van der Waals surface area (Å²) >= 11 is 0. The highest BCUT2D eigenvalue weighted by Crippen LogP contribution is 2.36. The lowest BCUT2D eigenvalue weighted by atomic mass is 10.1. The molecule has 16 heavy (non-hydrogen) atoms. The maximum Gasteiger partial charge on any atom is 0.101 e. The van der Waals surface area contributed by atoms with Gasteiger partial charge in [-0.1, -0.05) is 48.5 Å². The van der Waals surface area contributed by atoms with Gasteiger partial charge in [-0.05, 0) is 11.1 Å². The van der Waals surface area contributed by atoms with E-state index < -0.39 is 0 Å². The van der Waals surface area contributed by atoms with Crippen molar-refractivity contribution >= 4 is 12.4 Å². The fraction of sp³-hybridized carbons (Fsp3) is 0. The summed E-state index contributed by atoms with van der Waals surface area (Å²) in [5, 5.41) is 7.79. The molecule has 0 atom stereocenters. The van der Waals surface area contributed by atoms with Crippen molar-refractivity contribution in [2.24, 2.45) is 10.2 Å². The highest BCUT2D eigenvalue weighted by Gasteiger charge is 2.23. The minimum absolute atomic E-state index is 0.918. The van der Waals surface area contributed by atoms with E-state index in [9.17, 15) is 0 Å². The first-order valence-electron chi connectivity index (χ1n) is 5.14. The van der Waals surface area contributed by atoms with Crippen molar-refractivity contribution in [3.63, 3.8) is 0 Å². The molecule has 3 rings (SSSR count). The van der Waals surface area contributed by atoms with E-state index in [2.05, 4.69) is 41.2 Å². The lowest BCUT2D eigenvalue weighted by molar-refractivity contribution is 1.26. The Morgan fingerprint density at radius 2 is 1.12 bits per heavy atom. The van der Waals surface area contributed by atoms with Crippen LogP contribution in [0.2, 0.25) is 0 Å². The first-order valence-corrected chi connectivity index (χ1v) is 5.14. The van der Waals surface area contributed by atoms with Gasteiger partial charge in [0.1, 0.15) is 5.71 Å². The Kier molecular flexibility index (Phi) is 1.93. The van der Waals surface area contributed by atoms with Crippen molar-refractivity contribution in [2.45, 2.75) is 0 Å². The smallest absolute Gasteiger partial charge is 0.101 e. The van der Waals surface area contributed by atoms with E-state index in [1.807, 2.05) is 24.3 Å². The molecule has 0 radical (unpaired) electrons. The molecule has 1 aliphatic carbocycles. The van der Waals surface area contributed by atoms with Crippen molar-refractivity contribution in [2.75, 3.05) is 0 Å². The molecule has 0 unspecified atom stereocenters. The SMILES string of the molecule is C=NN=C1c2ccccc2-c2ccccc21. The molecular formula is C14H10N2. The fourth-order valence-corrected chi connectivity index (χ4v) is 2.17. The van der Waals surface area contributed by atoms with Gasteiger partial charge in [0, 0.05) is 17.8 Å². The third kappa shape index (κ3) is 1.13. The van der Waals surface area contributed by atoms with Gasteiger partial charge in [-0.25, -0.2) is 0 Å². The van der Waals surface area contributed by atoms with Gasteiger partial charge in [-0.15, -0.1) is 0 Å². The molecule has 0 saturated heterocycles. The van der Waals surface area contributed by atoms with E-state index >= 15 is 0 Å². The molecule has 0 amide bonds. The van der Waals surface area contributed by atoms with Crippen LogP contribution in [0.5, 0.6) is 0 Å². The predicted octanol–water partition coefficient (Wildman–Crippen LogP) is 3.12. The lowest BCUT2D eigenvalue weighted by Gasteiger charge is -1.97. The average molecular weight is 206 g/mol. The van der Waals surface area contributed by atoms with Crippen LogP contribution in [0.3, 0.4) is 0 Å². The third-order valence-electron chi connectivity index (χ3n) is 2.83. The van der Waals surface area contributed by atoms with E-state index in [4.69, 9.17) is 0 Å². The molecule has 76 valence electrons. The Bertz CT molecular complexity index is 550. The molecule has 0 saturated carbocycles. The average Bonchev–Trinajstić information content (AvgIpc) is 2.66. The summed E-state index contributed by atoms with van der Waals surface area (Å²) in [5.41, 5.74) is 5.63. The Balaban J connectivity index is 2.38. The van der Waals surface area contributed by atoms with Crippen LogP contribution >= 0.6 is 0 Å². The molecule has 0 aromatic heterocycles. The zero-order valence-corrected chi connectivity index (χ0v) is 8.72. The molecule has 2 aromatic rings. The van der Waals surface area contributed by atoms with Crippen molar-refractivity contribution in [1.82, 2.24) is 0 Å². The number of hydrogen-bond donors (Lipinski definition) is 0. The molecule has 1 aliphatic rings. The molecule has 0 spiro atoms. The summed E-state index contributed by atoms with van der Waals surface area (Å²) in [7, 11) is 0. The van der Waals surface area contributed by atoms with E-state index in [0.717, 1.165) is 16.8 Å². The predicted molar refractivity (Wildman–Crippen MR) is 67.1 cm³/mol. The first kappa shape index (κ1) is 9.04. The van der Waals surface area contributed by atoms with Crippen LogP contribution < -0.4 is 0 Å². The monoisotopic (exact) mass is 206 g/mol. The van der Waals surface area contributed by atoms with E-state index in [-0.39, 0.29) is 0 Å². The van der Waals surface area contributed by atoms with Crippen LogP contribution in [0.15, 0.2) is 58.7 Å². The topological polar surface area (TPSA) is 24.7 Å². The fourth-order valence-electron chi connectivity index (χ4n) is 2.17. The van der Waals surface area contributed by atoms with Gasteiger partial charge in [-0.3, -0.25) is 0 Å². The van der Waals surface area contributed by atoms with Gasteiger partial charge >= 0.3 is 0 Å². The second-order valence-corrected chi connectivity index (χ2v) is 3.68. The third-order valence-corrected chi connectivity index (χ3v) is 2.83. The highest BCUT2D eigenvalue weighted by atomic mass is 15.2. The molecule has 2 heteroatoms. The number of nitrogens with zero attached hydrogens (tertiary/aromatic N) is 2. The van der Waals surface area contributed by atoms with E-state index in [1.165, 1.54) is 11.1 Å². The molecule has 0 heterocycles. The quantitative estimate of drug-likeness (QED) is 0.431. The molecule has 2 nitrogen and oxygen atoms in total. The van der Waals surface area contributed by atoms with Crippen LogP contribution in [0.1, 0.15) is 11.1 Å². The van der Waals surface area contributed by atoms with Crippen LogP contribution in [0.25, 0.3) is 11.1 Å². The summed E-state index contributed by atoms with van der Waals surface area (Å²) in [6.45, 7) is 3.43. The maximum atomic E-state index is 4.14. The molecular weight excluding hydrogens is 196 g/mol. The largest absolute Gasteiger partial charge is 0.166 e. The summed E-state index contributed by atoms with van der Waals surface area (Å²) in [6, 6.07) is 16.5. The van der Waals surface area contributed by atoms with Crippen molar-refractivity contribution < 1.29 is 0 Å². The van der Waals surface area contributed by atoms with Crippen LogP contribution in [0, 0.1) is 0 Å². The zero-order chi connectivity index (χ0) is 11.0. The molecule has 0 aliphatic heterocycles. The summed E-state index contributed by atoms with van der Waals surface area (Å²) in [4.78, 5) is 0. The Morgan fingerprint density at radius 1 is 0.688 bits per heavy atom. The van der Waals surface area contributed by atoms with Gasteiger partial charge in [0.15, 0.2) is 0 Å². The maximum absolute atomic E-state index is 4.14. The lowest BCUT2D eigenvalue weighted by Crippen LogP contribution is -1.96. The minimum Gasteiger partial charge on any atom is -0.166 e. The van der Waals surface area contributed by atoms with E-state index in [0.29, 0.717) is 0 Å². The second kappa shape index (κ2) is 3.42. The van der Waals surface area contributed by atoms with Crippen molar-refractivity contribution in [3.8, 4) is 11.1 Å². The normalized spacial score (nSPS) is 11.9. The van der Waals surface area contributed by atoms with Gasteiger partial charge in [0.2, 0.25) is 0 Å². The molecule has 2 aromatic carbocycles. The minimum atomic E-state index is 0.918. The van der Waals surface area contributed by atoms with Gasteiger partial charge in [0.25, 0.3) is 0 Å². The van der Waals surface area contributed by atoms with Crippen LogP contribution in [-0.2, 0) is 0 Å². The van der Waals surface area contributed by atoms with Crippen LogP contribution in [0.4, 0.5) is 0 Å². The molecule has 0 bridgehead atoms. The van der Waals surface area contributed by atoms with Gasteiger partial charge in [0.05, 0.1) is 0 Å². The first-order chi connectivity index (χ1) is 7.92. The Morgan fingerprint density at radius 3 is 1.56 bits per heavy atom.